The van der Waals surface area contributed by atoms with Crippen molar-refractivity contribution < 1.29 is 17.9 Å². The average molecular weight is 460 g/mol. The van der Waals surface area contributed by atoms with Crippen LogP contribution < -0.4 is 10.1 Å². The van der Waals surface area contributed by atoms with E-state index >= 15 is 0 Å². The summed E-state index contributed by atoms with van der Waals surface area (Å²) < 4.78 is 32.6. The number of hydrogen-bond acceptors (Lipinski definition) is 4. The third kappa shape index (κ3) is 6.23. The molecule has 1 fully saturated rings. The molecule has 3 rings (SSSR count). The SMILES string of the molecule is CC(C)(C)c1ccc(OCCCNC(=O)N2CCN(S(=O)(=O)c3ccccc3)CC2)cc1. The van der Waals surface area contributed by atoms with Crippen LogP contribution in [0.25, 0.3) is 0 Å². The summed E-state index contributed by atoms with van der Waals surface area (Å²) in [5, 5.41) is 2.89. The van der Waals surface area contributed by atoms with Crippen molar-refractivity contribution in [3.8, 4) is 5.75 Å². The summed E-state index contributed by atoms with van der Waals surface area (Å²) in [6.45, 7) is 8.86. The predicted molar refractivity (Wildman–Crippen MR) is 125 cm³/mol. The van der Waals surface area contributed by atoms with Crippen LogP contribution >= 0.6 is 0 Å². The van der Waals surface area contributed by atoms with Gasteiger partial charge >= 0.3 is 6.03 Å². The second-order valence-electron chi connectivity index (χ2n) is 8.91. The highest BCUT2D eigenvalue weighted by atomic mass is 32.2. The van der Waals surface area contributed by atoms with Crippen LogP contribution in [-0.4, -0.2) is 63.0 Å². The van der Waals surface area contributed by atoms with Crippen LogP contribution in [0.15, 0.2) is 59.5 Å². The molecule has 2 aromatic rings. The molecule has 1 aliphatic heterocycles. The van der Waals surface area contributed by atoms with Gasteiger partial charge in [-0.05, 0) is 41.7 Å². The van der Waals surface area contributed by atoms with Crippen molar-refractivity contribution in [3.05, 3.63) is 60.2 Å². The standard InChI is InChI=1S/C24H33N3O4S/c1-24(2,3)20-10-12-21(13-11-20)31-19-7-14-25-23(28)26-15-17-27(18-16-26)32(29,30)22-8-5-4-6-9-22/h4-6,8-13H,7,14-19H2,1-3H3,(H,25,28). The zero-order valence-corrected chi connectivity index (χ0v) is 19.9. The van der Waals surface area contributed by atoms with Gasteiger partial charge in [0, 0.05) is 32.7 Å². The van der Waals surface area contributed by atoms with Gasteiger partial charge in [0.1, 0.15) is 5.75 Å². The summed E-state index contributed by atoms with van der Waals surface area (Å²) in [5.74, 6) is 0.820. The van der Waals surface area contributed by atoms with E-state index in [2.05, 4.69) is 38.2 Å². The Kier molecular flexibility index (Phi) is 7.79. The topological polar surface area (TPSA) is 79.0 Å². The fourth-order valence-corrected chi connectivity index (χ4v) is 4.94. The Morgan fingerprint density at radius 2 is 1.59 bits per heavy atom. The van der Waals surface area contributed by atoms with Crippen LogP contribution in [0.4, 0.5) is 4.79 Å². The van der Waals surface area contributed by atoms with E-state index in [1.165, 1.54) is 9.87 Å². The first kappa shape index (κ1) is 24.1. The Morgan fingerprint density at radius 1 is 0.969 bits per heavy atom. The highest BCUT2D eigenvalue weighted by Gasteiger charge is 2.29. The molecule has 1 heterocycles. The van der Waals surface area contributed by atoms with Gasteiger partial charge in [0.25, 0.3) is 0 Å². The Labute approximate surface area is 191 Å². The Hall–Kier alpha value is -2.58. The van der Waals surface area contributed by atoms with Crippen molar-refractivity contribution in [1.82, 2.24) is 14.5 Å². The zero-order chi connectivity index (χ0) is 23.2. The van der Waals surface area contributed by atoms with Crippen molar-refractivity contribution in [2.45, 2.75) is 37.5 Å². The van der Waals surface area contributed by atoms with Crippen molar-refractivity contribution >= 4 is 16.1 Å². The van der Waals surface area contributed by atoms with Crippen LogP contribution in [0.1, 0.15) is 32.8 Å². The quantitative estimate of drug-likeness (QED) is 0.643. The third-order valence-electron chi connectivity index (χ3n) is 5.49. The number of rotatable bonds is 7. The maximum atomic E-state index is 12.7. The molecule has 0 unspecified atom stereocenters. The van der Waals surface area contributed by atoms with Gasteiger partial charge < -0.3 is 15.0 Å². The lowest BCUT2D eigenvalue weighted by atomic mass is 9.87. The molecule has 0 aromatic heterocycles. The highest BCUT2D eigenvalue weighted by Crippen LogP contribution is 2.24. The van der Waals surface area contributed by atoms with Gasteiger partial charge in [0.15, 0.2) is 0 Å². The molecule has 0 radical (unpaired) electrons. The number of amides is 2. The van der Waals surface area contributed by atoms with E-state index in [0.717, 1.165) is 5.75 Å². The molecule has 0 spiro atoms. The lowest BCUT2D eigenvalue weighted by Crippen LogP contribution is -2.53. The summed E-state index contributed by atoms with van der Waals surface area (Å²) in [4.78, 5) is 14.3. The molecule has 1 N–H and O–H groups in total. The highest BCUT2D eigenvalue weighted by molar-refractivity contribution is 7.89. The van der Waals surface area contributed by atoms with E-state index in [-0.39, 0.29) is 29.4 Å². The first-order valence-corrected chi connectivity index (χ1v) is 12.4. The Morgan fingerprint density at radius 3 is 2.19 bits per heavy atom. The molecule has 8 heteroatoms. The van der Waals surface area contributed by atoms with Gasteiger partial charge in [0.2, 0.25) is 10.0 Å². The minimum absolute atomic E-state index is 0.111. The first-order chi connectivity index (χ1) is 15.2. The fourth-order valence-electron chi connectivity index (χ4n) is 3.49. The molecule has 0 aliphatic carbocycles. The number of sulfonamides is 1. The van der Waals surface area contributed by atoms with Gasteiger partial charge in [-0.2, -0.15) is 4.31 Å². The van der Waals surface area contributed by atoms with E-state index < -0.39 is 10.0 Å². The number of urea groups is 1. The second kappa shape index (κ2) is 10.4. The molecule has 0 saturated carbocycles. The summed E-state index contributed by atoms with van der Waals surface area (Å²) in [6, 6.07) is 16.3. The van der Waals surface area contributed by atoms with Crippen molar-refractivity contribution in [2.24, 2.45) is 0 Å². The van der Waals surface area contributed by atoms with Gasteiger partial charge in [-0.15, -0.1) is 0 Å². The van der Waals surface area contributed by atoms with Crippen LogP contribution in [-0.2, 0) is 15.4 Å². The lowest BCUT2D eigenvalue weighted by molar-refractivity contribution is 0.171. The third-order valence-corrected chi connectivity index (χ3v) is 7.41. The van der Waals surface area contributed by atoms with E-state index in [4.69, 9.17) is 4.74 Å². The van der Waals surface area contributed by atoms with Crippen LogP contribution in [0, 0.1) is 0 Å². The van der Waals surface area contributed by atoms with E-state index in [9.17, 15) is 13.2 Å². The van der Waals surface area contributed by atoms with Crippen LogP contribution in [0.5, 0.6) is 5.75 Å². The summed E-state index contributed by atoms with van der Waals surface area (Å²) in [5.41, 5.74) is 1.37. The van der Waals surface area contributed by atoms with Gasteiger partial charge in [-0.3, -0.25) is 0 Å². The number of nitrogens with zero attached hydrogens (tertiary/aromatic N) is 2. The van der Waals surface area contributed by atoms with Gasteiger partial charge in [-0.1, -0.05) is 51.1 Å². The minimum Gasteiger partial charge on any atom is -0.494 e. The fraction of sp³-hybridized carbons (Fsp3) is 0.458. The molecule has 1 saturated heterocycles. The second-order valence-corrected chi connectivity index (χ2v) is 10.9. The van der Waals surface area contributed by atoms with Crippen molar-refractivity contribution in [2.75, 3.05) is 39.3 Å². The molecule has 2 aromatic carbocycles. The molecule has 174 valence electrons. The normalized spacial score (nSPS) is 15.4. The molecule has 1 aliphatic rings. The summed E-state index contributed by atoms with van der Waals surface area (Å²) in [7, 11) is -3.51. The lowest BCUT2D eigenvalue weighted by Gasteiger charge is -2.34. The maximum Gasteiger partial charge on any atom is 0.317 e. The number of hydrogen-bond donors (Lipinski definition) is 1. The Bertz CT molecular complexity index is 978. The predicted octanol–water partition coefficient (Wildman–Crippen LogP) is 3.47. The summed E-state index contributed by atoms with van der Waals surface area (Å²) >= 11 is 0. The van der Waals surface area contributed by atoms with E-state index in [0.29, 0.717) is 32.7 Å². The molecular weight excluding hydrogens is 426 g/mol. The van der Waals surface area contributed by atoms with Gasteiger partial charge in [0.05, 0.1) is 11.5 Å². The average Bonchev–Trinajstić information content (AvgIpc) is 2.79. The largest absolute Gasteiger partial charge is 0.494 e. The van der Waals surface area contributed by atoms with E-state index in [1.807, 2.05) is 12.1 Å². The Balaban J connectivity index is 1.36. The molecule has 0 atom stereocenters. The summed E-state index contributed by atoms with van der Waals surface area (Å²) in [6.07, 6.45) is 0.690. The minimum atomic E-state index is -3.51. The number of benzene rings is 2. The maximum absolute atomic E-state index is 12.7. The van der Waals surface area contributed by atoms with Gasteiger partial charge in [-0.25, -0.2) is 13.2 Å². The number of ether oxygens (including phenoxy) is 1. The van der Waals surface area contributed by atoms with E-state index in [1.54, 1.807) is 35.2 Å². The van der Waals surface area contributed by atoms with Crippen molar-refractivity contribution in [3.63, 3.8) is 0 Å². The molecule has 0 bridgehead atoms. The van der Waals surface area contributed by atoms with Crippen LogP contribution in [0.3, 0.4) is 0 Å². The molecule has 7 nitrogen and oxygen atoms in total. The number of nitrogens with one attached hydrogen (secondary N) is 1. The number of carbonyl (C=O) groups is 1. The number of carbonyl (C=O) groups excluding carboxylic acids is 1. The molecular formula is C24H33N3O4S. The molecule has 2 amide bonds. The first-order valence-electron chi connectivity index (χ1n) is 11.0. The van der Waals surface area contributed by atoms with Crippen LogP contribution in [0.2, 0.25) is 0 Å². The smallest absolute Gasteiger partial charge is 0.317 e. The number of piperazine rings is 1. The monoisotopic (exact) mass is 459 g/mol. The van der Waals surface area contributed by atoms with Crippen molar-refractivity contribution in [1.29, 1.82) is 0 Å². The zero-order valence-electron chi connectivity index (χ0n) is 19.1. The molecule has 32 heavy (non-hydrogen) atoms.